The predicted octanol–water partition coefficient (Wildman–Crippen LogP) is 2.90. The minimum absolute atomic E-state index is 0.0424. The first-order valence-corrected chi connectivity index (χ1v) is 10.9. The van der Waals surface area contributed by atoms with Crippen molar-refractivity contribution >= 4 is 49.3 Å². The summed E-state index contributed by atoms with van der Waals surface area (Å²) in [6.07, 6.45) is 0. The van der Waals surface area contributed by atoms with Crippen LogP contribution in [-0.4, -0.2) is 31.0 Å². The molecule has 0 aliphatic heterocycles. The van der Waals surface area contributed by atoms with Gasteiger partial charge in [-0.25, -0.2) is 0 Å². The molecular formula is C17H17NO7S3. The number of aryl methyl sites for hydroxylation is 1. The van der Waals surface area contributed by atoms with Crippen LogP contribution < -0.4 is 5.73 Å². The van der Waals surface area contributed by atoms with Gasteiger partial charge in [-0.3, -0.25) is 9.11 Å². The summed E-state index contributed by atoms with van der Waals surface area (Å²) in [4.78, 5) is -0.440. The number of fused-ring (bicyclic) bond motifs is 1. The number of benzene rings is 3. The van der Waals surface area contributed by atoms with Gasteiger partial charge < -0.3 is 10.8 Å². The second-order valence-electron chi connectivity index (χ2n) is 5.81. The van der Waals surface area contributed by atoms with Crippen LogP contribution in [0.15, 0.2) is 63.2 Å². The average molecular weight is 444 g/mol. The van der Waals surface area contributed by atoms with Crippen LogP contribution in [-0.2, 0) is 20.2 Å². The van der Waals surface area contributed by atoms with Gasteiger partial charge in [0.05, 0.1) is 10.6 Å². The smallest absolute Gasteiger partial charge is 0.297 e. The van der Waals surface area contributed by atoms with E-state index >= 15 is 0 Å². The first-order valence-electron chi connectivity index (χ1n) is 7.56. The van der Waals surface area contributed by atoms with Crippen LogP contribution in [0, 0.1) is 6.92 Å². The molecule has 0 aliphatic carbocycles. The highest BCUT2D eigenvalue weighted by atomic mass is 32.2. The van der Waals surface area contributed by atoms with Crippen molar-refractivity contribution in [3.05, 3.63) is 54.1 Å². The van der Waals surface area contributed by atoms with Gasteiger partial charge >= 0.3 is 0 Å². The van der Waals surface area contributed by atoms with Crippen molar-refractivity contribution in [2.75, 3.05) is 5.73 Å². The monoisotopic (exact) mass is 443 g/mol. The molecule has 0 spiro atoms. The minimum atomic E-state index is -4.75. The number of aromatic hydroxyl groups is 1. The number of hydrogen-bond acceptors (Lipinski definition) is 7. The summed E-state index contributed by atoms with van der Waals surface area (Å²) in [7, 11) is -9.42. The Morgan fingerprint density at radius 1 is 0.857 bits per heavy atom. The van der Waals surface area contributed by atoms with Gasteiger partial charge in [-0.2, -0.15) is 16.8 Å². The fourth-order valence-corrected chi connectivity index (χ4v) is 3.85. The normalized spacial score (nSPS) is 11.7. The number of phenols is 1. The van der Waals surface area contributed by atoms with Crippen molar-refractivity contribution < 1.29 is 31.0 Å². The molecule has 0 atom stereocenters. The maximum absolute atomic E-state index is 11.3. The molecule has 11 heteroatoms. The fraction of sp³-hybridized carbons (Fsp3) is 0.0588. The average Bonchev–Trinajstić information content (AvgIpc) is 2.55. The van der Waals surface area contributed by atoms with Gasteiger partial charge in [-0.15, -0.1) is 12.6 Å². The predicted molar refractivity (Wildman–Crippen MR) is 108 cm³/mol. The zero-order valence-corrected chi connectivity index (χ0v) is 17.0. The molecule has 0 unspecified atom stereocenters. The lowest BCUT2D eigenvalue weighted by atomic mass is 10.1. The molecule has 0 saturated carbocycles. The Hall–Kier alpha value is -2.31. The fourth-order valence-electron chi connectivity index (χ4n) is 2.36. The third kappa shape index (κ3) is 5.14. The van der Waals surface area contributed by atoms with E-state index in [9.17, 15) is 21.9 Å². The van der Waals surface area contributed by atoms with Crippen molar-refractivity contribution in [1.82, 2.24) is 0 Å². The van der Waals surface area contributed by atoms with E-state index in [1.54, 1.807) is 0 Å². The summed E-state index contributed by atoms with van der Waals surface area (Å²) in [5.74, 6) is -0.583. The molecule has 0 radical (unpaired) electrons. The Morgan fingerprint density at radius 3 is 1.89 bits per heavy atom. The lowest BCUT2D eigenvalue weighted by molar-refractivity contribution is 0.470. The Balaban J connectivity index is 0.000000292. The number of anilines is 1. The lowest BCUT2D eigenvalue weighted by Gasteiger charge is -2.10. The number of hydrogen-bond donors (Lipinski definition) is 5. The molecule has 150 valence electrons. The Bertz CT molecular complexity index is 1210. The molecular weight excluding hydrogens is 426 g/mol. The van der Waals surface area contributed by atoms with Gasteiger partial charge in [0.2, 0.25) is 0 Å². The van der Waals surface area contributed by atoms with Crippen molar-refractivity contribution in [3.8, 4) is 5.75 Å². The Morgan fingerprint density at radius 2 is 1.43 bits per heavy atom. The summed E-state index contributed by atoms with van der Waals surface area (Å²) in [6, 6.07) is 12.0. The van der Waals surface area contributed by atoms with Crippen LogP contribution in [0.25, 0.3) is 10.8 Å². The van der Waals surface area contributed by atoms with E-state index in [1.165, 1.54) is 11.6 Å². The highest BCUT2D eigenvalue weighted by Crippen LogP contribution is 2.35. The van der Waals surface area contributed by atoms with Gasteiger partial charge in [0.1, 0.15) is 10.6 Å². The van der Waals surface area contributed by atoms with Crippen LogP contribution in [0.5, 0.6) is 5.75 Å². The van der Waals surface area contributed by atoms with Crippen LogP contribution >= 0.6 is 12.6 Å². The molecule has 0 aromatic heterocycles. The van der Waals surface area contributed by atoms with Crippen molar-refractivity contribution in [2.45, 2.75) is 21.6 Å². The molecule has 0 amide bonds. The zero-order valence-electron chi connectivity index (χ0n) is 14.4. The van der Waals surface area contributed by atoms with Crippen molar-refractivity contribution in [2.24, 2.45) is 0 Å². The first-order chi connectivity index (χ1) is 12.8. The van der Waals surface area contributed by atoms with E-state index in [1.807, 2.05) is 24.3 Å². The molecule has 0 bridgehead atoms. The third-order valence-electron chi connectivity index (χ3n) is 3.66. The van der Waals surface area contributed by atoms with Gasteiger partial charge in [-0.05, 0) is 37.3 Å². The van der Waals surface area contributed by atoms with Crippen LogP contribution in [0.4, 0.5) is 5.69 Å². The zero-order chi connectivity index (χ0) is 21.3. The molecule has 0 heterocycles. The van der Waals surface area contributed by atoms with E-state index in [4.69, 9.17) is 14.8 Å². The van der Waals surface area contributed by atoms with E-state index in [2.05, 4.69) is 19.6 Å². The Labute approximate surface area is 167 Å². The van der Waals surface area contributed by atoms with E-state index in [0.717, 1.165) is 23.1 Å². The summed E-state index contributed by atoms with van der Waals surface area (Å²) in [5, 5.41) is 9.34. The standard InChI is InChI=1S/C10H9NO7S2.C7H8S/c11-8-2-1-6-7(10(8)20(16,17)18)3-5(4-9(6)12)19(13,14)15;1-6-2-4-7(8)5-3-6/h1-4,12H,11H2,(H,13,14,15)(H,16,17,18);2-5,8H,1H3. The van der Waals surface area contributed by atoms with Crippen molar-refractivity contribution in [3.63, 3.8) is 0 Å². The third-order valence-corrected chi connectivity index (χ3v) is 5.76. The van der Waals surface area contributed by atoms with Gasteiger partial charge in [0.15, 0.2) is 0 Å². The molecule has 0 fully saturated rings. The number of nitrogens with two attached hydrogens (primary N) is 1. The maximum atomic E-state index is 11.3. The van der Waals surface area contributed by atoms with E-state index < -0.39 is 35.8 Å². The molecule has 3 rings (SSSR count). The summed E-state index contributed by atoms with van der Waals surface area (Å²) in [6.45, 7) is 2.06. The largest absolute Gasteiger partial charge is 0.507 e. The summed E-state index contributed by atoms with van der Waals surface area (Å²) in [5.41, 5.74) is 6.40. The summed E-state index contributed by atoms with van der Waals surface area (Å²) >= 11 is 4.13. The second kappa shape index (κ2) is 7.97. The molecule has 5 N–H and O–H groups in total. The van der Waals surface area contributed by atoms with Crippen LogP contribution in [0.2, 0.25) is 0 Å². The summed E-state index contributed by atoms with van der Waals surface area (Å²) < 4.78 is 62.9. The van der Waals surface area contributed by atoms with Crippen LogP contribution in [0.3, 0.4) is 0 Å². The number of nitrogen functional groups attached to an aromatic ring is 1. The van der Waals surface area contributed by atoms with Crippen molar-refractivity contribution in [1.29, 1.82) is 0 Å². The van der Waals surface area contributed by atoms with Gasteiger partial charge in [0.25, 0.3) is 20.2 Å². The number of rotatable bonds is 2. The van der Waals surface area contributed by atoms with E-state index in [0.29, 0.717) is 0 Å². The highest BCUT2D eigenvalue weighted by Gasteiger charge is 2.22. The lowest BCUT2D eigenvalue weighted by Crippen LogP contribution is -2.05. The number of phenolic OH excluding ortho intramolecular Hbond substituents is 1. The molecule has 8 nitrogen and oxygen atoms in total. The minimum Gasteiger partial charge on any atom is -0.507 e. The molecule has 0 aliphatic rings. The Kier molecular flexibility index (Phi) is 6.26. The first kappa shape index (κ1) is 22.0. The second-order valence-corrected chi connectivity index (χ2v) is 9.10. The van der Waals surface area contributed by atoms with Gasteiger partial charge in [-0.1, -0.05) is 17.7 Å². The van der Waals surface area contributed by atoms with E-state index in [-0.39, 0.29) is 16.5 Å². The van der Waals surface area contributed by atoms with Gasteiger partial charge in [0, 0.05) is 21.7 Å². The SMILES string of the molecule is Cc1ccc(S)cc1.Nc1ccc2c(O)cc(S(=O)(=O)O)cc2c1S(=O)(=O)O. The molecule has 3 aromatic rings. The quantitative estimate of drug-likeness (QED) is 0.230. The highest BCUT2D eigenvalue weighted by molar-refractivity contribution is 7.86. The van der Waals surface area contributed by atoms with Crippen LogP contribution in [0.1, 0.15) is 5.56 Å². The molecule has 28 heavy (non-hydrogen) atoms. The maximum Gasteiger partial charge on any atom is 0.297 e. The topological polar surface area (TPSA) is 155 Å². The number of thiol groups is 1. The molecule has 0 saturated heterocycles. The molecule has 3 aromatic carbocycles.